The summed E-state index contributed by atoms with van der Waals surface area (Å²) in [5, 5.41) is 9.70. The minimum absolute atomic E-state index is 0.197. The number of hydrogen-bond acceptors (Lipinski definition) is 7. The number of esters is 1. The largest absolute Gasteiger partial charge is 0.480 e. The average Bonchev–Trinajstić information content (AvgIpc) is 3.30. The van der Waals surface area contributed by atoms with Crippen molar-refractivity contribution in [1.29, 1.82) is 0 Å². The summed E-state index contributed by atoms with van der Waals surface area (Å²) in [6.45, 7) is 14.0. The van der Waals surface area contributed by atoms with Gasteiger partial charge in [0.15, 0.2) is 0 Å². The van der Waals surface area contributed by atoms with Crippen LogP contribution in [0.1, 0.15) is 98.8 Å². The van der Waals surface area contributed by atoms with E-state index in [9.17, 15) is 19.5 Å². The lowest BCUT2D eigenvalue weighted by Crippen LogP contribution is -2.54. The van der Waals surface area contributed by atoms with Gasteiger partial charge in [0, 0.05) is 23.8 Å². The quantitative estimate of drug-likeness (QED) is 0.300. The highest BCUT2D eigenvalue weighted by Gasteiger charge is 2.60. The fourth-order valence-corrected chi connectivity index (χ4v) is 11.8. The number of morpholine rings is 1. The molecule has 238 valence electrons. The van der Waals surface area contributed by atoms with Crippen molar-refractivity contribution in [3.05, 3.63) is 0 Å². The Morgan fingerprint density at radius 2 is 1.69 bits per heavy atom. The van der Waals surface area contributed by atoms with Gasteiger partial charge in [0.1, 0.15) is 17.6 Å². The number of hydrogen-bond donors (Lipinski definition) is 1. The molecule has 42 heavy (non-hydrogen) atoms. The summed E-state index contributed by atoms with van der Waals surface area (Å²) in [6, 6.07) is 0. The number of carboxylic acids is 1. The Labute approximate surface area is 257 Å². The molecule has 0 amide bonds. The molecule has 8 heteroatoms. The zero-order valence-corrected chi connectivity index (χ0v) is 27.5. The Kier molecular flexibility index (Phi) is 9.77. The Morgan fingerprint density at radius 1 is 1.00 bits per heavy atom. The van der Waals surface area contributed by atoms with Crippen LogP contribution in [-0.2, 0) is 23.9 Å². The van der Waals surface area contributed by atoms with Gasteiger partial charge in [-0.1, -0.05) is 13.8 Å². The first-order chi connectivity index (χ1) is 19.8. The van der Waals surface area contributed by atoms with Crippen LogP contribution < -0.4 is 0 Å². The predicted octanol–water partition coefficient (Wildman–Crippen LogP) is 6.08. The molecular weight excluding hydrogens is 550 g/mol. The molecule has 0 bridgehead atoms. The minimum Gasteiger partial charge on any atom is -0.480 e. The van der Waals surface area contributed by atoms with Crippen molar-refractivity contribution in [1.82, 2.24) is 4.90 Å². The summed E-state index contributed by atoms with van der Waals surface area (Å²) in [5.74, 6) is 2.94. The van der Waals surface area contributed by atoms with Crippen LogP contribution in [0.15, 0.2) is 0 Å². The summed E-state index contributed by atoms with van der Waals surface area (Å²) >= 11 is 1.46. The molecule has 1 saturated heterocycles. The molecule has 0 aromatic heterocycles. The number of aliphatic carboxylic acids is 1. The van der Waals surface area contributed by atoms with Crippen LogP contribution in [0.2, 0.25) is 0 Å². The van der Waals surface area contributed by atoms with Crippen LogP contribution in [0.5, 0.6) is 0 Å². The van der Waals surface area contributed by atoms with Gasteiger partial charge in [-0.25, -0.2) is 0 Å². The Bertz CT molecular complexity index is 1010. The Morgan fingerprint density at radius 3 is 2.38 bits per heavy atom. The van der Waals surface area contributed by atoms with Gasteiger partial charge in [0.05, 0.1) is 19.8 Å². The number of thioether (sulfide) groups is 1. The van der Waals surface area contributed by atoms with E-state index in [1.165, 1.54) is 50.3 Å². The number of carboxylic acid groups (broad SMARTS) is 1. The van der Waals surface area contributed by atoms with Gasteiger partial charge >= 0.3 is 11.9 Å². The monoisotopic (exact) mass is 605 g/mol. The fraction of sp³-hybridized carbons (Fsp3) is 0.912. The molecule has 1 heterocycles. The smallest absolute Gasteiger partial charge is 0.320 e. The molecule has 4 saturated carbocycles. The van der Waals surface area contributed by atoms with E-state index < -0.39 is 16.0 Å². The summed E-state index contributed by atoms with van der Waals surface area (Å²) in [6.07, 6.45) is 11.4. The third-order valence-corrected chi connectivity index (χ3v) is 14.0. The van der Waals surface area contributed by atoms with E-state index in [1.54, 1.807) is 0 Å². The standard InChI is InChI=1S/C34H55NO6S/c1-22(36)26-8-9-27-25-7-6-24-18-23(10-12-33(24,4)28(25)11-13-34(26,27)5)19-29(31(38)39)42-32(2,3)21-41-30(37)20-35-14-16-40-17-15-35/h23-29H,6-21H2,1-5H3,(H,38,39)/t23-,24-,25?,26+,27-,28-,29?,33-,34+/m0/s1. The molecule has 0 spiro atoms. The van der Waals surface area contributed by atoms with Gasteiger partial charge in [0.25, 0.3) is 0 Å². The molecule has 0 radical (unpaired) electrons. The minimum atomic E-state index is -0.752. The van der Waals surface area contributed by atoms with Crippen LogP contribution in [0.4, 0.5) is 0 Å². The molecule has 5 aliphatic rings. The van der Waals surface area contributed by atoms with Gasteiger partial charge in [-0.2, -0.15) is 0 Å². The number of ketones is 1. The summed E-state index contributed by atoms with van der Waals surface area (Å²) in [4.78, 5) is 39.4. The number of carbonyl (C=O) groups excluding carboxylic acids is 2. The summed E-state index contributed by atoms with van der Waals surface area (Å²) < 4.78 is 10.5. The third-order valence-electron chi connectivity index (χ3n) is 12.6. The molecule has 0 aromatic carbocycles. The highest BCUT2D eigenvalue weighted by atomic mass is 32.2. The van der Waals surface area contributed by atoms with E-state index in [-0.39, 0.29) is 30.5 Å². The number of nitrogens with zero attached hydrogens (tertiary/aromatic N) is 1. The lowest BCUT2D eigenvalue weighted by Gasteiger charge is -2.61. The summed E-state index contributed by atoms with van der Waals surface area (Å²) in [5.41, 5.74) is 0.540. The topological polar surface area (TPSA) is 93.1 Å². The molecule has 9 atom stereocenters. The van der Waals surface area contributed by atoms with E-state index in [0.717, 1.165) is 44.2 Å². The molecule has 5 rings (SSSR count). The maximum atomic E-state index is 12.5. The summed E-state index contributed by atoms with van der Waals surface area (Å²) in [7, 11) is 0. The van der Waals surface area contributed by atoms with Crippen molar-refractivity contribution >= 4 is 29.5 Å². The van der Waals surface area contributed by atoms with Gasteiger partial charge in [-0.15, -0.1) is 11.8 Å². The van der Waals surface area contributed by atoms with Crippen molar-refractivity contribution in [3.8, 4) is 0 Å². The number of ether oxygens (including phenoxy) is 2. The van der Waals surface area contributed by atoms with Crippen LogP contribution in [0, 0.1) is 46.3 Å². The highest BCUT2D eigenvalue weighted by Crippen LogP contribution is 2.68. The molecule has 4 aliphatic carbocycles. The van der Waals surface area contributed by atoms with Crippen molar-refractivity contribution < 1.29 is 29.0 Å². The third kappa shape index (κ3) is 6.61. The second kappa shape index (κ2) is 12.7. The first-order valence-corrected chi connectivity index (χ1v) is 17.6. The second-order valence-electron chi connectivity index (χ2n) is 15.6. The maximum absolute atomic E-state index is 12.5. The van der Waals surface area contributed by atoms with Crippen LogP contribution in [0.25, 0.3) is 0 Å². The van der Waals surface area contributed by atoms with Crippen LogP contribution in [-0.4, -0.2) is 77.2 Å². The zero-order valence-electron chi connectivity index (χ0n) is 26.7. The zero-order chi connectivity index (χ0) is 30.3. The van der Waals surface area contributed by atoms with Crippen LogP contribution in [0.3, 0.4) is 0 Å². The van der Waals surface area contributed by atoms with E-state index in [1.807, 2.05) is 25.7 Å². The predicted molar refractivity (Wildman–Crippen MR) is 165 cm³/mol. The molecule has 1 N–H and O–H groups in total. The lowest BCUT2D eigenvalue weighted by molar-refractivity contribution is -0.146. The maximum Gasteiger partial charge on any atom is 0.320 e. The molecule has 0 aromatic rings. The second-order valence-corrected chi connectivity index (χ2v) is 17.5. The molecule has 5 fully saturated rings. The SMILES string of the molecule is CC(=O)[C@H]1CC[C@H]2C3CC[C@H]4C[C@@H](CC(SC(C)(C)COC(=O)CN5CCOCC5)C(=O)O)CC[C@]4(C)[C@H]3CC[C@]12C. The molecule has 2 unspecified atom stereocenters. The number of Topliss-reactive ketones (excluding diaryl/α,β-unsaturated/α-hetero) is 1. The van der Waals surface area contributed by atoms with E-state index in [4.69, 9.17) is 9.47 Å². The van der Waals surface area contributed by atoms with Crippen molar-refractivity contribution in [2.75, 3.05) is 39.5 Å². The Hall–Kier alpha value is -1.12. The van der Waals surface area contributed by atoms with E-state index in [0.29, 0.717) is 48.6 Å². The van der Waals surface area contributed by atoms with Gasteiger partial charge in [0.2, 0.25) is 0 Å². The average molecular weight is 606 g/mol. The van der Waals surface area contributed by atoms with Crippen molar-refractivity contribution in [2.45, 2.75) is 109 Å². The number of rotatable bonds is 10. The number of fused-ring (bicyclic) bond motifs is 5. The molecule has 1 aliphatic heterocycles. The van der Waals surface area contributed by atoms with Gasteiger partial charge in [-0.3, -0.25) is 19.3 Å². The van der Waals surface area contributed by atoms with E-state index in [2.05, 4.69) is 13.8 Å². The molecular formula is C34H55NO6S. The Balaban J connectivity index is 1.15. The normalized spacial score (nSPS) is 39.5. The van der Waals surface area contributed by atoms with E-state index >= 15 is 0 Å². The van der Waals surface area contributed by atoms with Crippen molar-refractivity contribution in [3.63, 3.8) is 0 Å². The van der Waals surface area contributed by atoms with Crippen LogP contribution >= 0.6 is 11.8 Å². The molecule has 7 nitrogen and oxygen atoms in total. The first-order valence-electron chi connectivity index (χ1n) is 16.7. The first kappa shape index (κ1) is 32.3. The fourth-order valence-electron chi connectivity index (χ4n) is 10.4. The van der Waals surface area contributed by atoms with Crippen molar-refractivity contribution in [2.24, 2.45) is 46.3 Å². The lowest BCUT2D eigenvalue weighted by atomic mass is 9.44. The number of carbonyl (C=O) groups is 3. The highest BCUT2D eigenvalue weighted by molar-refractivity contribution is 8.01. The van der Waals surface area contributed by atoms with Gasteiger partial charge in [-0.05, 0) is 125 Å². The van der Waals surface area contributed by atoms with Gasteiger partial charge < -0.3 is 14.6 Å².